The quantitative estimate of drug-likeness (QED) is 0.641. The lowest BCUT2D eigenvalue weighted by Crippen LogP contribution is -2.31. The van der Waals surface area contributed by atoms with Crippen molar-refractivity contribution in [2.24, 2.45) is 0 Å². The number of anilines is 2. The summed E-state index contributed by atoms with van der Waals surface area (Å²) in [4.78, 5) is 36.7. The van der Waals surface area contributed by atoms with E-state index in [0.717, 1.165) is 0 Å². The Bertz CT molecular complexity index is 892. The molecule has 1 aromatic heterocycles. The van der Waals surface area contributed by atoms with Crippen molar-refractivity contribution in [1.82, 2.24) is 4.57 Å². The second-order valence-electron chi connectivity index (χ2n) is 5.48. The number of methoxy groups -OCH3 is 1. The summed E-state index contributed by atoms with van der Waals surface area (Å²) < 4.78 is 5.85. The second kappa shape index (κ2) is 7.40. The molecule has 0 bridgehead atoms. The molecule has 3 N–H and O–H groups in total. The number of rotatable bonds is 4. The van der Waals surface area contributed by atoms with Gasteiger partial charge < -0.3 is 15.8 Å². The molecule has 7 nitrogen and oxygen atoms in total. The zero-order chi connectivity index (χ0) is 18.7. The summed E-state index contributed by atoms with van der Waals surface area (Å²) in [5, 5.41) is 2.81. The Hall–Kier alpha value is -2.80. The van der Waals surface area contributed by atoms with Gasteiger partial charge in [-0.1, -0.05) is 11.6 Å². The van der Waals surface area contributed by atoms with E-state index < -0.39 is 23.5 Å². The van der Waals surface area contributed by atoms with Crippen LogP contribution in [0.2, 0.25) is 5.02 Å². The molecular weight excluding hydrogens is 346 g/mol. The summed E-state index contributed by atoms with van der Waals surface area (Å²) in [5.74, 6) is -1.07. The Balaban J connectivity index is 2.39. The first kappa shape index (κ1) is 18.5. The summed E-state index contributed by atoms with van der Waals surface area (Å²) in [7, 11) is 1.24. The molecule has 2 rings (SSSR count). The van der Waals surface area contributed by atoms with Crippen molar-refractivity contribution < 1.29 is 14.3 Å². The number of benzene rings is 1. The van der Waals surface area contributed by atoms with Gasteiger partial charge in [0.2, 0.25) is 0 Å². The number of hydrogen-bond donors (Lipinski definition) is 2. The molecule has 1 atom stereocenters. The van der Waals surface area contributed by atoms with Gasteiger partial charge in [0, 0.05) is 11.8 Å². The third-order valence-electron chi connectivity index (χ3n) is 3.79. The predicted octanol–water partition coefficient (Wildman–Crippen LogP) is 2.38. The Morgan fingerprint density at radius 3 is 2.60 bits per heavy atom. The minimum Gasteiger partial charge on any atom is -0.467 e. The van der Waals surface area contributed by atoms with Crippen molar-refractivity contribution in [2.75, 3.05) is 18.2 Å². The monoisotopic (exact) mass is 363 g/mol. The number of carbonyl (C=O) groups excluding carboxylic acids is 2. The average molecular weight is 364 g/mol. The van der Waals surface area contributed by atoms with E-state index in [1.807, 2.05) is 0 Å². The van der Waals surface area contributed by atoms with E-state index in [9.17, 15) is 14.4 Å². The van der Waals surface area contributed by atoms with Gasteiger partial charge in [-0.2, -0.15) is 0 Å². The first-order valence-electron chi connectivity index (χ1n) is 7.42. The zero-order valence-electron chi connectivity index (χ0n) is 14.0. The van der Waals surface area contributed by atoms with Crippen LogP contribution in [0.1, 0.15) is 28.9 Å². The Labute approximate surface area is 149 Å². The SMILES string of the molecule is COC(=O)C(C)n1ccc(C)c(NC(=O)c2ccc(N)c(Cl)c2)c1=O. The maximum atomic E-state index is 12.6. The molecule has 0 saturated heterocycles. The van der Waals surface area contributed by atoms with Gasteiger partial charge in [0.1, 0.15) is 11.7 Å². The number of pyridine rings is 1. The fraction of sp³-hybridized carbons (Fsp3) is 0.235. The van der Waals surface area contributed by atoms with Gasteiger partial charge >= 0.3 is 5.97 Å². The van der Waals surface area contributed by atoms with Gasteiger partial charge in [-0.3, -0.25) is 14.2 Å². The topological polar surface area (TPSA) is 103 Å². The van der Waals surface area contributed by atoms with Gasteiger partial charge in [-0.05, 0) is 43.7 Å². The number of amides is 1. The zero-order valence-corrected chi connectivity index (χ0v) is 14.8. The molecule has 0 aliphatic carbocycles. The third kappa shape index (κ3) is 3.83. The molecule has 0 aliphatic rings. The lowest BCUT2D eigenvalue weighted by molar-refractivity contribution is -0.144. The highest BCUT2D eigenvalue weighted by Gasteiger charge is 2.20. The molecule has 1 amide bonds. The number of carbonyl (C=O) groups is 2. The van der Waals surface area contributed by atoms with E-state index in [0.29, 0.717) is 11.3 Å². The number of esters is 1. The fourth-order valence-corrected chi connectivity index (χ4v) is 2.42. The van der Waals surface area contributed by atoms with E-state index in [1.54, 1.807) is 13.0 Å². The molecule has 132 valence electrons. The number of aryl methyl sites for hydroxylation is 1. The van der Waals surface area contributed by atoms with E-state index in [4.69, 9.17) is 17.3 Å². The number of halogens is 1. The van der Waals surface area contributed by atoms with Crippen molar-refractivity contribution in [3.8, 4) is 0 Å². The Morgan fingerprint density at radius 1 is 1.32 bits per heavy atom. The Kier molecular flexibility index (Phi) is 5.48. The number of hydrogen-bond acceptors (Lipinski definition) is 5. The lowest BCUT2D eigenvalue weighted by Gasteiger charge is -2.16. The lowest BCUT2D eigenvalue weighted by atomic mass is 10.1. The minimum atomic E-state index is -0.820. The molecule has 1 unspecified atom stereocenters. The number of aromatic nitrogens is 1. The van der Waals surface area contributed by atoms with Crippen molar-refractivity contribution >= 4 is 34.9 Å². The van der Waals surface area contributed by atoms with Gasteiger partial charge in [0.15, 0.2) is 0 Å². The number of ether oxygens (including phenoxy) is 1. The van der Waals surface area contributed by atoms with Gasteiger partial charge in [-0.15, -0.1) is 0 Å². The normalized spacial score (nSPS) is 11.7. The molecule has 0 saturated carbocycles. The highest BCUT2D eigenvalue weighted by molar-refractivity contribution is 6.33. The number of nitrogens with zero attached hydrogens (tertiary/aromatic N) is 1. The summed E-state index contributed by atoms with van der Waals surface area (Å²) in [6.07, 6.45) is 1.48. The summed E-state index contributed by atoms with van der Waals surface area (Å²) in [5.41, 5.74) is 6.37. The largest absolute Gasteiger partial charge is 0.467 e. The van der Waals surface area contributed by atoms with Crippen molar-refractivity contribution in [3.63, 3.8) is 0 Å². The molecule has 25 heavy (non-hydrogen) atoms. The molecule has 8 heteroatoms. The van der Waals surface area contributed by atoms with Gasteiger partial charge in [0.05, 0.1) is 17.8 Å². The van der Waals surface area contributed by atoms with Crippen LogP contribution in [0.5, 0.6) is 0 Å². The molecule has 0 fully saturated rings. The standard InChI is InChI=1S/C17H18ClN3O4/c1-9-6-7-21(10(2)17(24)25-3)16(23)14(9)20-15(22)11-4-5-13(19)12(18)8-11/h4-8,10H,19H2,1-3H3,(H,20,22). The molecule has 2 aromatic rings. The predicted molar refractivity (Wildman–Crippen MR) is 96.0 cm³/mol. The van der Waals surface area contributed by atoms with Crippen LogP contribution in [0.25, 0.3) is 0 Å². The van der Waals surface area contributed by atoms with E-state index in [1.165, 1.54) is 43.0 Å². The van der Waals surface area contributed by atoms with E-state index in [-0.39, 0.29) is 16.3 Å². The van der Waals surface area contributed by atoms with Crippen molar-refractivity contribution in [3.05, 3.63) is 57.0 Å². The van der Waals surface area contributed by atoms with E-state index in [2.05, 4.69) is 10.1 Å². The second-order valence-corrected chi connectivity index (χ2v) is 5.88. The molecule has 0 radical (unpaired) electrons. The maximum Gasteiger partial charge on any atom is 0.328 e. The van der Waals surface area contributed by atoms with Crippen molar-refractivity contribution in [1.29, 1.82) is 0 Å². The number of nitrogen functional groups attached to an aromatic ring is 1. The minimum absolute atomic E-state index is 0.0798. The fourth-order valence-electron chi connectivity index (χ4n) is 2.24. The summed E-state index contributed by atoms with van der Waals surface area (Å²) in [6, 6.07) is 5.24. The molecule has 1 aromatic carbocycles. The highest BCUT2D eigenvalue weighted by Crippen LogP contribution is 2.20. The van der Waals surface area contributed by atoms with E-state index >= 15 is 0 Å². The van der Waals surface area contributed by atoms with Crippen LogP contribution >= 0.6 is 11.6 Å². The van der Waals surface area contributed by atoms with Crippen LogP contribution < -0.4 is 16.6 Å². The van der Waals surface area contributed by atoms with Crippen LogP contribution in [-0.2, 0) is 9.53 Å². The summed E-state index contributed by atoms with van der Waals surface area (Å²) >= 11 is 5.92. The molecule has 0 aliphatic heterocycles. The first-order chi connectivity index (χ1) is 11.8. The molecule has 1 heterocycles. The number of nitrogens with two attached hydrogens (primary N) is 1. The Morgan fingerprint density at radius 2 is 2.00 bits per heavy atom. The smallest absolute Gasteiger partial charge is 0.328 e. The van der Waals surface area contributed by atoms with Crippen LogP contribution in [0.15, 0.2) is 35.3 Å². The van der Waals surface area contributed by atoms with Crippen LogP contribution in [0.3, 0.4) is 0 Å². The summed E-state index contributed by atoms with van der Waals surface area (Å²) in [6.45, 7) is 3.22. The highest BCUT2D eigenvalue weighted by atomic mass is 35.5. The van der Waals surface area contributed by atoms with Gasteiger partial charge in [-0.25, -0.2) is 4.79 Å². The number of nitrogens with one attached hydrogen (secondary N) is 1. The van der Waals surface area contributed by atoms with Crippen LogP contribution in [0, 0.1) is 6.92 Å². The molecular formula is C17H18ClN3O4. The first-order valence-corrected chi connectivity index (χ1v) is 7.80. The van der Waals surface area contributed by atoms with Crippen LogP contribution in [0.4, 0.5) is 11.4 Å². The molecule has 0 spiro atoms. The van der Waals surface area contributed by atoms with Gasteiger partial charge in [0.25, 0.3) is 11.5 Å². The maximum absolute atomic E-state index is 12.6. The van der Waals surface area contributed by atoms with Crippen LogP contribution in [-0.4, -0.2) is 23.6 Å². The average Bonchev–Trinajstić information content (AvgIpc) is 2.59. The third-order valence-corrected chi connectivity index (χ3v) is 4.12. The van der Waals surface area contributed by atoms with Crippen molar-refractivity contribution in [2.45, 2.75) is 19.9 Å².